The molecule has 0 bridgehead atoms. The van der Waals surface area contributed by atoms with Gasteiger partial charge in [0, 0.05) is 12.5 Å². The number of hydrogen-bond donors (Lipinski definition) is 1. The fourth-order valence-electron chi connectivity index (χ4n) is 1.98. The second-order valence-corrected chi connectivity index (χ2v) is 4.17. The Morgan fingerprint density at radius 1 is 1.64 bits per heavy atom. The number of aromatic nitrogens is 4. The maximum Gasteiger partial charge on any atom is 0.176 e. The van der Waals surface area contributed by atoms with Gasteiger partial charge in [-0.25, -0.2) is 0 Å². The number of nitrogens with zero attached hydrogens (tertiary/aromatic N) is 4. The van der Waals surface area contributed by atoms with E-state index in [1.165, 1.54) is 11.2 Å². The molecule has 1 saturated carbocycles. The van der Waals surface area contributed by atoms with Crippen molar-refractivity contribution in [2.24, 2.45) is 18.9 Å². The topological polar surface area (TPSA) is 55.6 Å². The van der Waals surface area contributed by atoms with E-state index in [0.29, 0.717) is 6.04 Å². The van der Waals surface area contributed by atoms with Crippen LogP contribution >= 0.6 is 0 Å². The van der Waals surface area contributed by atoms with E-state index in [4.69, 9.17) is 0 Å². The lowest BCUT2D eigenvalue weighted by molar-refractivity contribution is 0.469. The van der Waals surface area contributed by atoms with Crippen LogP contribution in [0.4, 0.5) is 0 Å². The first-order valence-corrected chi connectivity index (χ1v) is 5.11. The molecule has 3 atom stereocenters. The molecule has 0 aliphatic heterocycles. The molecule has 1 heterocycles. The van der Waals surface area contributed by atoms with Crippen LogP contribution in [0.3, 0.4) is 0 Å². The van der Waals surface area contributed by atoms with Crippen molar-refractivity contribution in [3.63, 3.8) is 0 Å². The predicted molar refractivity (Wildman–Crippen MR) is 52.6 cm³/mol. The SMILES string of the molecule is CNC(Cc1nnn(C)n1)C1CC1C. The molecular formula is C9H17N5. The molecule has 3 unspecified atom stereocenters. The number of rotatable bonds is 4. The first kappa shape index (κ1) is 9.58. The van der Waals surface area contributed by atoms with Gasteiger partial charge in [-0.2, -0.15) is 4.80 Å². The van der Waals surface area contributed by atoms with Crippen LogP contribution in [-0.4, -0.2) is 33.3 Å². The maximum absolute atomic E-state index is 4.19. The average Bonchev–Trinajstić information content (AvgIpc) is 2.72. The summed E-state index contributed by atoms with van der Waals surface area (Å²) in [6.45, 7) is 2.29. The molecule has 0 spiro atoms. The molecule has 0 amide bonds. The summed E-state index contributed by atoms with van der Waals surface area (Å²) in [5, 5.41) is 15.4. The Kier molecular flexibility index (Phi) is 2.50. The smallest absolute Gasteiger partial charge is 0.176 e. The molecule has 14 heavy (non-hydrogen) atoms. The zero-order chi connectivity index (χ0) is 10.1. The second-order valence-electron chi connectivity index (χ2n) is 4.17. The number of aryl methyl sites for hydroxylation is 1. The van der Waals surface area contributed by atoms with Crippen LogP contribution in [-0.2, 0) is 13.5 Å². The molecular weight excluding hydrogens is 178 g/mol. The van der Waals surface area contributed by atoms with Crippen LogP contribution in [0.1, 0.15) is 19.2 Å². The van der Waals surface area contributed by atoms with E-state index >= 15 is 0 Å². The highest BCUT2D eigenvalue weighted by Crippen LogP contribution is 2.41. The molecule has 0 radical (unpaired) electrons. The average molecular weight is 195 g/mol. The lowest BCUT2D eigenvalue weighted by Gasteiger charge is -2.12. The van der Waals surface area contributed by atoms with E-state index in [1.807, 2.05) is 7.05 Å². The number of nitrogens with one attached hydrogen (secondary N) is 1. The van der Waals surface area contributed by atoms with Gasteiger partial charge in [0.15, 0.2) is 5.82 Å². The molecule has 1 aliphatic carbocycles. The summed E-state index contributed by atoms with van der Waals surface area (Å²) in [4.78, 5) is 1.51. The van der Waals surface area contributed by atoms with Crippen molar-refractivity contribution >= 4 is 0 Å². The van der Waals surface area contributed by atoms with Gasteiger partial charge < -0.3 is 5.32 Å². The zero-order valence-corrected chi connectivity index (χ0v) is 8.94. The third-order valence-corrected chi connectivity index (χ3v) is 3.01. The van der Waals surface area contributed by atoms with Crippen molar-refractivity contribution in [3.8, 4) is 0 Å². The fraction of sp³-hybridized carbons (Fsp3) is 0.889. The Morgan fingerprint density at radius 3 is 2.79 bits per heavy atom. The minimum atomic E-state index is 0.509. The predicted octanol–water partition coefficient (Wildman–Crippen LogP) is -0.00340. The van der Waals surface area contributed by atoms with Crippen LogP contribution in [0.2, 0.25) is 0 Å². The van der Waals surface area contributed by atoms with Crippen molar-refractivity contribution < 1.29 is 0 Å². The number of likely N-dealkylation sites (N-methyl/N-ethyl adjacent to an activating group) is 1. The Labute approximate surface area is 83.9 Å². The van der Waals surface area contributed by atoms with Crippen molar-refractivity contribution in [3.05, 3.63) is 5.82 Å². The van der Waals surface area contributed by atoms with Crippen LogP contribution in [0.25, 0.3) is 0 Å². The van der Waals surface area contributed by atoms with Crippen molar-refractivity contribution in [1.82, 2.24) is 25.5 Å². The van der Waals surface area contributed by atoms with Crippen LogP contribution in [0, 0.1) is 11.8 Å². The Bertz CT molecular complexity index is 308. The van der Waals surface area contributed by atoms with E-state index < -0.39 is 0 Å². The summed E-state index contributed by atoms with van der Waals surface area (Å²) < 4.78 is 0. The van der Waals surface area contributed by atoms with Gasteiger partial charge in [0.25, 0.3) is 0 Å². The van der Waals surface area contributed by atoms with E-state index in [2.05, 4.69) is 27.7 Å². The van der Waals surface area contributed by atoms with Crippen molar-refractivity contribution in [2.45, 2.75) is 25.8 Å². The molecule has 5 heteroatoms. The van der Waals surface area contributed by atoms with E-state index in [1.54, 1.807) is 7.05 Å². The van der Waals surface area contributed by atoms with Gasteiger partial charge in [-0.05, 0) is 30.5 Å². The van der Waals surface area contributed by atoms with E-state index in [-0.39, 0.29) is 0 Å². The minimum absolute atomic E-state index is 0.509. The molecule has 0 saturated heterocycles. The third kappa shape index (κ3) is 1.92. The van der Waals surface area contributed by atoms with Crippen LogP contribution < -0.4 is 5.32 Å². The van der Waals surface area contributed by atoms with Crippen molar-refractivity contribution in [2.75, 3.05) is 7.05 Å². The Hall–Kier alpha value is -0.970. The standard InChI is InChI=1S/C9H17N5/c1-6-4-7(6)8(10-2)5-9-11-13-14(3)12-9/h6-8,10H,4-5H2,1-3H3. The van der Waals surface area contributed by atoms with Gasteiger partial charge in [-0.15, -0.1) is 10.2 Å². The van der Waals surface area contributed by atoms with Gasteiger partial charge in [-0.1, -0.05) is 6.92 Å². The summed E-state index contributed by atoms with van der Waals surface area (Å²) in [7, 11) is 3.80. The van der Waals surface area contributed by atoms with Gasteiger partial charge in [-0.3, -0.25) is 0 Å². The van der Waals surface area contributed by atoms with Crippen molar-refractivity contribution in [1.29, 1.82) is 0 Å². The van der Waals surface area contributed by atoms with Gasteiger partial charge in [0.2, 0.25) is 0 Å². The molecule has 1 N–H and O–H groups in total. The van der Waals surface area contributed by atoms with Gasteiger partial charge in [0.05, 0.1) is 7.05 Å². The number of hydrogen-bond acceptors (Lipinski definition) is 4. The molecule has 1 fully saturated rings. The second kappa shape index (κ2) is 3.65. The van der Waals surface area contributed by atoms with E-state index in [0.717, 1.165) is 24.1 Å². The van der Waals surface area contributed by atoms with E-state index in [9.17, 15) is 0 Å². The third-order valence-electron chi connectivity index (χ3n) is 3.01. The maximum atomic E-state index is 4.19. The normalized spacial score (nSPS) is 27.6. The lowest BCUT2D eigenvalue weighted by atomic mass is 10.1. The van der Waals surface area contributed by atoms with Gasteiger partial charge >= 0.3 is 0 Å². The molecule has 1 aromatic heterocycles. The molecule has 5 nitrogen and oxygen atoms in total. The summed E-state index contributed by atoms with van der Waals surface area (Å²) >= 11 is 0. The Balaban J connectivity index is 1.94. The molecule has 78 valence electrons. The molecule has 1 aromatic rings. The summed E-state index contributed by atoms with van der Waals surface area (Å²) in [5.41, 5.74) is 0. The highest BCUT2D eigenvalue weighted by molar-refractivity contribution is 4.96. The lowest BCUT2D eigenvalue weighted by Crippen LogP contribution is -2.30. The molecule has 2 rings (SSSR count). The monoisotopic (exact) mass is 195 g/mol. The van der Waals surface area contributed by atoms with Gasteiger partial charge in [0.1, 0.15) is 0 Å². The van der Waals surface area contributed by atoms with Crippen LogP contribution in [0.15, 0.2) is 0 Å². The minimum Gasteiger partial charge on any atom is -0.316 e. The Morgan fingerprint density at radius 2 is 2.36 bits per heavy atom. The first-order valence-electron chi connectivity index (χ1n) is 5.11. The number of tetrazole rings is 1. The summed E-state index contributed by atoms with van der Waals surface area (Å²) in [5.74, 6) is 2.49. The summed E-state index contributed by atoms with van der Waals surface area (Å²) in [6.07, 6.45) is 2.21. The highest BCUT2D eigenvalue weighted by Gasteiger charge is 2.39. The first-order chi connectivity index (χ1) is 6.70. The highest BCUT2D eigenvalue weighted by atomic mass is 15.6. The molecule has 0 aromatic carbocycles. The summed E-state index contributed by atoms with van der Waals surface area (Å²) in [6, 6.07) is 0.509. The van der Waals surface area contributed by atoms with Crippen LogP contribution in [0.5, 0.6) is 0 Å². The quantitative estimate of drug-likeness (QED) is 0.734. The zero-order valence-electron chi connectivity index (χ0n) is 8.94. The fourth-order valence-corrected chi connectivity index (χ4v) is 1.98. The molecule has 1 aliphatic rings. The largest absolute Gasteiger partial charge is 0.316 e.